The first kappa shape index (κ1) is 61.3. The standard InChI is InChI=1S/C57H109NO5/c1-4-7-10-13-16-19-22-25-27-28-29-32-35-38-41-44-47-50-57(62)63-53(48-45-42-39-36-33-30-24-21-18-15-12-9-6-3)51-56(61)58-54(52-59)55(60)49-46-43-40-37-34-31-26-23-20-17-14-11-8-5-2/h18,21,24,30,53-55,59-60H,4-17,19-20,22-23,25-29,31-52H2,1-3H3,(H,58,61)/b21-18+,30-24+. The fraction of sp³-hybridized carbons (Fsp3) is 0.895. The molecule has 0 aromatic carbocycles. The quantitative estimate of drug-likeness (QED) is 0.0321. The Kier molecular flexibility index (Phi) is 50.0. The fourth-order valence-corrected chi connectivity index (χ4v) is 8.78. The Labute approximate surface area is 392 Å². The van der Waals surface area contributed by atoms with Crippen LogP contribution in [-0.2, 0) is 14.3 Å². The molecule has 3 unspecified atom stereocenters. The van der Waals surface area contributed by atoms with E-state index in [9.17, 15) is 19.8 Å². The van der Waals surface area contributed by atoms with Crippen LogP contribution in [0.4, 0.5) is 0 Å². The number of carbonyl (C=O) groups excluding carboxylic acids is 2. The lowest BCUT2D eigenvalue weighted by molar-refractivity contribution is -0.151. The van der Waals surface area contributed by atoms with Crippen molar-refractivity contribution in [1.82, 2.24) is 5.32 Å². The number of esters is 1. The van der Waals surface area contributed by atoms with Crippen LogP contribution in [0.15, 0.2) is 24.3 Å². The van der Waals surface area contributed by atoms with Gasteiger partial charge in [0.1, 0.15) is 6.10 Å². The summed E-state index contributed by atoms with van der Waals surface area (Å²) in [6.07, 6.45) is 59.5. The molecule has 6 nitrogen and oxygen atoms in total. The van der Waals surface area contributed by atoms with E-state index in [2.05, 4.69) is 50.4 Å². The molecule has 0 saturated heterocycles. The van der Waals surface area contributed by atoms with Crippen molar-refractivity contribution in [3.8, 4) is 0 Å². The highest BCUT2D eigenvalue weighted by molar-refractivity contribution is 5.77. The third kappa shape index (κ3) is 46.7. The number of aliphatic hydroxyl groups is 2. The molecule has 0 heterocycles. The summed E-state index contributed by atoms with van der Waals surface area (Å²) in [6.45, 7) is 6.48. The largest absolute Gasteiger partial charge is 0.462 e. The normalized spacial score (nSPS) is 13.3. The van der Waals surface area contributed by atoms with Crippen LogP contribution in [0.3, 0.4) is 0 Å². The van der Waals surface area contributed by atoms with Crippen molar-refractivity contribution in [2.75, 3.05) is 6.61 Å². The van der Waals surface area contributed by atoms with Gasteiger partial charge < -0.3 is 20.3 Å². The van der Waals surface area contributed by atoms with Gasteiger partial charge in [-0.15, -0.1) is 0 Å². The van der Waals surface area contributed by atoms with Gasteiger partial charge in [-0.2, -0.15) is 0 Å². The van der Waals surface area contributed by atoms with Crippen molar-refractivity contribution in [1.29, 1.82) is 0 Å². The van der Waals surface area contributed by atoms with Crippen molar-refractivity contribution in [2.24, 2.45) is 0 Å². The SMILES string of the molecule is CCCCC/C=C/C=C/CCCCCCC(CC(=O)NC(CO)C(O)CCCCCCCCCCCCCCCC)OC(=O)CCCCCCCCCCCCCCCCCCC. The topological polar surface area (TPSA) is 95.9 Å². The molecule has 0 aromatic heterocycles. The number of allylic oxidation sites excluding steroid dienone is 4. The van der Waals surface area contributed by atoms with Gasteiger partial charge in [0.25, 0.3) is 0 Å². The highest BCUT2D eigenvalue weighted by atomic mass is 16.5. The van der Waals surface area contributed by atoms with Gasteiger partial charge in [-0.05, 0) is 51.4 Å². The van der Waals surface area contributed by atoms with E-state index in [0.717, 1.165) is 70.6 Å². The van der Waals surface area contributed by atoms with Gasteiger partial charge in [0.15, 0.2) is 0 Å². The highest BCUT2D eigenvalue weighted by Gasteiger charge is 2.24. The highest BCUT2D eigenvalue weighted by Crippen LogP contribution is 2.19. The minimum absolute atomic E-state index is 0.0696. The zero-order valence-electron chi connectivity index (χ0n) is 42.5. The number of rotatable bonds is 51. The number of nitrogens with one attached hydrogen (secondary N) is 1. The van der Waals surface area contributed by atoms with Crippen LogP contribution < -0.4 is 5.32 Å². The van der Waals surface area contributed by atoms with Crippen molar-refractivity contribution in [3.05, 3.63) is 24.3 Å². The molecule has 0 fully saturated rings. The minimum atomic E-state index is -0.789. The Bertz CT molecular complexity index is 997. The van der Waals surface area contributed by atoms with Gasteiger partial charge >= 0.3 is 5.97 Å². The second-order valence-corrected chi connectivity index (χ2v) is 19.4. The van der Waals surface area contributed by atoms with Crippen LogP contribution in [0.5, 0.6) is 0 Å². The smallest absolute Gasteiger partial charge is 0.306 e. The lowest BCUT2D eigenvalue weighted by atomic mass is 10.0. The summed E-state index contributed by atoms with van der Waals surface area (Å²) in [6, 6.07) is -0.704. The number of hydrogen-bond acceptors (Lipinski definition) is 5. The molecule has 0 radical (unpaired) electrons. The Morgan fingerprint density at radius 2 is 0.794 bits per heavy atom. The molecule has 6 heteroatoms. The van der Waals surface area contributed by atoms with Crippen molar-refractivity contribution < 1.29 is 24.5 Å². The van der Waals surface area contributed by atoms with Crippen molar-refractivity contribution in [2.45, 2.75) is 322 Å². The predicted molar refractivity (Wildman–Crippen MR) is 273 cm³/mol. The first-order valence-electron chi connectivity index (χ1n) is 28.1. The zero-order valence-corrected chi connectivity index (χ0v) is 42.5. The number of amides is 1. The summed E-state index contributed by atoms with van der Waals surface area (Å²) in [5, 5.41) is 23.8. The molecular weight excluding hydrogens is 779 g/mol. The molecule has 3 atom stereocenters. The number of ether oxygens (including phenoxy) is 1. The summed E-state index contributed by atoms with van der Waals surface area (Å²) in [7, 11) is 0. The monoisotopic (exact) mass is 888 g/mol. The lowest BCUT2D eigenvalue weighted by Crippen LogP contribution is -2.46. The lowest BCUT2D eigenvalue weighted by Gasteiger charge is -2.24. The van der Waals surface area contributed by atoms with Crippen LogP contribution in [0.25, 0.3) is 0 Å². The summed E-state index contributed by atoms with van der Waals surface area (Å²) in [5.74, 6) is -0.476. The first-order chi connectivity index (χ1) is 31.0. The molecule has 3 N–H and O–H groups in total. The molecule has 0 aliphatic rings. The number of hydrogen-bond donors (Lipinski definition) is 3. The number of unbranched alkanes of at least 4 members (excludes halogenated alkanes) is 36. The third-order valence-corrected chi connectivity index (χ3v) is 13.1. The Hall–Kier alpha value is -1.66. The van der Waals surface area contributed by atoms with Crippen molar-refractivity contribution >= 4 is 11.9 Å². The van der Waals surface area contributed by atoms with E-state index in [1.807, 2.05) is 0 Å². The van der Waals surface area contributed by atoms with Gasteiger partial charge in [-0.25, -0.2) is 0 Å². The van der Waals surface area contributed by atoms with Gasteiger partial charge in [0.05, 0.1) is 25.2 Å². The van der Waals surface area contributed by atoms with E-state index < -0.39 is 18.2 Å². The fourth-order valence-electron chi connectivity index (χ4n) is 8.78. The number of aliphatic hydroxyl groups excluding tert-OH is 2. The van der Waals surface area contributed by atoms with E-state index in [1.165, 1.54) is 186 Å². The summed E-state index contributed by atoms with van der Waals surface area (Å²) < 4.78 is 5.95. The summed E-state index contributed by atoms with van der Waals surface area (Å²) in [5.41, 5.74) is 0. The van der Waals surface area contributed by atoms with Gasteiger partial charge in [-0.1, -0.05) is 263 Å². The molecule has 0 bridgehead atoms. The van der Waals surface area contributed by atoms with Crippen LogP contribution in [-0.4, -0.2) is 46.9 Å². The molecule has 0 aromatic rings. The minimum Gasteiger partial charge on any atom is -0.462 e. The van der Waals surface area contributed by atoms with E-state index in [0.29, 0.717) is 19.3 Å². The van der Waals surface area contributed by atoms with E-state index in [-0.39, 0.29) is 24.9 Å². The average molecular weight is 889 g/mol. The van der Waals surface area contributed by atoms with Crippen LogP contribution in [0.2, 0.25) is 0 Å². The summed E-state index contributed by atoms with van der Waals surface area (Å²) in [4.78, 5) is 26.2. The molecule has 0 aliphatic carbocycles. The molecule has 0 saturated carbocycles. The Balaban J connectivity index is 4.51. The molecule has 1 amide bonds. The summed E-state index contributed by atoms with van der Waals surface area (Å²) >= 11 is 0. The Morgan fingerprint density at radius 3 is 1.21 bits per heavy atom. The molecule has 0 aliphatic heterocycles. The molecule has 0 spiro atoms. The second-order valence-electron chi connectivity index (χ2n) is 19.4. The van der Waals surface area contributed by atoms with E-state index >= 15 is 0 Å². The second kappa shape index (κ2) is 51.3. The van der Waals surface area contributed by atoms with Gasteiger partial charge in [0.2, 0.25) is 5.91 Å². The number of carbonyl (C=O) groups is 2. The van der Waals surface area contributed by atoms with Crippen molar-refractivity contribution in [3.63, 3.8) is 0 Å². The Morgan fingerprint density at radius 1 is 0.460 bits per heavy atom. The average Bonchev–Trinajstić information content (AvgIpc) is 3.28. The zero-order chi connectivity index (χ0) is 45.9. The van der Waals surface area contributed by atoms with Gasteiger partial charge in [0, 0.05) is 6.42 Å². The first-order valence-corrected chi connectivity index (χ1v) is 28.1. The van der Waals surface area contributed by atoms with Crippen LogP contribution >= 0.6 is 0 Å². The predicted octanol–water partition coefficient (Wildman–Crippen LogP) is 17.1. The molecule has 372 valence electrons. The van der Waals surface area contributed by atoms with E-state index in [4.69, 9.17) is 4.74 Å². The van der Waals surface area contributed by atoms with Crippen LogP contribution in [0, 0.1) is 0 Å². The van der Waals surface area contributed by atoms with Crippen LogP contribution in [0.1, 0.15) is 303 Å². The third-order valence-electron chi connectivity index (χ3n) is 13.1. The maximum Gasteiger partial charge on any atom is 0.306 e. The van der Waals surface area contributed by atoms with E-state index in [1.54, 1.807) is 0 Å². The maximum absolute atomic E-state index is 13.2. The molecule has 0 rings (SSSR count). The molecule has 63 heavy (non-hydrogen) atoms. The molecular formula is C57H109NO5. The maximum atomic E-state index is 13.2. The van der Waals surface area contributed by atoms with Gasteiger partial charge in [-0.3, -0.25) is 9.59 Å².